The molecule has 0 radical (unpaired) electrons. The highest BCUT2D eigenvalue weighted by Gasteiger charge is 2.39. The molecule has 4 nitrogen and oxygen atoms in total. The first-order chi connectivity index (χ1) is 13.5. The molecular weight excluding hydrogens is 351 g/mol. The molecule has 0 aromatic carbocycles. The van der Waals surface area contributed by atoms with E-state index in [1.54, 1.807) is 23.8 Å². The quantitative estimate of drug-likeness (QED) is 0.665. The van der Waals surface area contributed by atoms with Gasteiger partial charge in [0, 0.05) is 43.2 Å². The van der Waals surface area contributed by atoms with E-state index in [9.17, 15) is 4.39 Å². The van der Waals surface area contributed by atoms with Crippen LogP contribution >= 0.6 is 0 Å². The smallest absolute Gasteiger partial charge is 0.162 e. The highest BCUT2D eigenvalue weighted by atomic mass is 19.1. The number of hydrogen-bond acceptors (Lipinski definition) is 3. The van der Waals surface area contributed by atoms with Gasteiger partial charge in [0.05, 0.1) is 6.20 Å². The predicted octanol–water partition coefficient (Wildman–Crippen LogP) is 5.44. The Bertz CT molecular complexity index is 1020. The van der Waals surface area contributed by atoms with Gasteiger partial charge in [0.2, 0.25) is 0 Å². The van der Waals surface area contributed by atoms with Crippen molar-refractivity contribution in [1.82, 2.24) is 14.6 Å². The van der Waals surface area contributed by atoms with Gasteiger partial charge in [0.25, 0.3) is 0 Å². The molecule has 2 aromatic heterocycles. The van der Waals surface area contributed by atoms with Crippen LogP contribution < -0.4 is 0 Å². The number of allylic oxidation sites excluding steroid dienone is 6. The molecule has 3 atom stereocenters. The van der Waals surface area contributed by atoms with Crippen LogP contribution in [-0.2, 0) is 0 Å². The van der Waals surface area contributed by atoms with E-state index >= 15 is 0 Å². The van der Waals surface area contributed by atoms with Gasteiger partial charge in [-0.2, -0.15) is 5.10 Å². The van der Waals surface area contributed by atoms with Crippen molar-refractivity contribution in [2.75, 3.05) is 7.05 Å². The Morgan fingerprint density at radius 2 is 2.14 bits per heavy atom. The lowest BCUT2D eigenvalue weighted by molar-refractivity contribution is 0.137. The molecule has 2 heterocycles. The number of halogens is 1. The molecule has 28 heavy (non-hydrogen) atoms. The zero-order valence-corrected chi connectivity index (χ0v) is 17.0. The third-order valence-corrected chi connectivity index (χ3v) is 6.44. The van der Waals surface area contributed by atoms with Gasteiger partial charge in [0.15, 0.2) is 5.65 Å². The van der Waals surface area contributed by atoms with Gasteiger partial charge in [0.1, 0.15) is 5.83 Å². The van der Waals surface area contributed by atoms with Crippen molar-refractivity contribution in [3.8, 4) is 0 Å². The maximum absolute atomic E-state index is 14.3. The monoisotopic (exact) mass is 378 g/mol. The molecule has 0 aliphatic heterocycles. The molecule has 2 aliphatic carbocycles. The Morgan fingerprint density at radius 1 is 1.32 bits per heavy atom. The van der Waals surface area contributed by atoms with Crippen molar-refractivity contribution < 1.29 is 4.39 Å². The van der Waals surface area contributed by atoms with Crippen molar-refractivity contribution >= 4 is 17.4 Å². The summed E-state index contributed by atoms with van der Waals surface area (Å²) in [6.07, 6.45) is 11.5. The SMILES string of the molecule is CN=C/C(=C(/C1=C(C)CCC(F)=C1)C1CC(C)C1C)c1cnn2cccnc12. The number of aliphatic imine (C=N–C) groups is 1. The third kappa shape index (κ3) is 3.13. The minimum absolute atomic E-state index is 0.0381. The van der Waals surface area contributed by atoms with Crippen LogP contribution in [0.1, 0.15) is 45.6 Å². The fourth-order valence-corrected chi connectivity index (χ4v) is 4.49. The molecule has 0 N–H and O–H groups in total. The fourth-order valence-electron chi connectivity index (χ4n) is 4.49. The van der Waals surface area contributed by atoms with E-state index in [0.717, 1.165) is 35.2 Å². The van der Waals surface area contributed by atoms with Crippen LogP contribution in [0, 0.1) is 17.8 Å². The van der Waals surface area contributed by atoms with Crippen molar-refractivity contribution in [3.05, 3.63) is 58.8 Å². The Hall–Kier alpha value is -2.56. The van der Waals surface area contributed by atoms with Crippen LogP contribution in [0.25, 0.3) is 11.2 Å². The lowest BCUT2D eigenvalue weighted by Gasteiger charge is -2.44. The third-order valence-electron chi connectivity index (χ3n) is 6.44. The first-order valence-electron chi connectivity index (χ1n) is 10.0. The van der Waals surface area contributed by atoms with E-state index in [0.29, 0.717) is 24.2 Å². The van der Waals surface area contributed by atoms with Crippen LogP contribution in [0.3, 0.4) is 0 Å². The Kier molecular flexibility index (Phi) is 5.00. The second-order valence-electron chi connectivity index (χ2n) is 8.12. The Balaban J connectivity index is 2.00. The van der Waals surface area contributed by atoms with Crippen molar-refractivity contribution in [1.29, 1.82) is 0 Å². The average molecular weight is 378 g/mol. The number of fused-ring (bicyclic) bond motifs is 1. The molecule has 4 rings (SSSR count). The second kappa shape index (κ2) is 7.46. The van der Waals surface area contributed by atoms with E-state index in [2.05, 4.69) is 35.8 Å². The summed E-state index contributed by atoms with van der Waals surface area (Å²) in [4.78, 5) is 8.90. The van der Waals surface area contributed by atoms with Crippen LogP contribution in [0.2, 0.25) is 0 Å². The number of aromatic nitrogens is 3. The second-order valence-corrected chi connectivity index (χ2v) is 8.12. The van der Waals surface area contributed by atoms with E-state index in [1.165, 1.54) is 11.1 Å². The Labute approximate surface area is 165 Å². The van der Waals surface area contributed by atoms with Crippen LogP contribution in [0.15, 0.2) is 58.3 Å². The summed E-state index contributed by atoms with van der Waals surface area (Å²) in [5.41, 5.74) is 6.25. The number of nitrogens with zero attached hydrogens (tertiary/aromatic N) is 4. The van der Waals surface area contributed by atoms with E-state index in [4.69, 9.17) is 0 Å². The summed E-state index contributed by atoms with van der Waals surface area (Å²) < 4.78 is 16.1. The lowest BCUT2D eigenvalue weighted by Crippen LogP contribution is -2.35. The molecule has 5 heteroatoms. The number of hydrogen-bond donors (Lipinski definition) is 0. The normalized spacial score (nSPS) is 26.5. The van der Waals surface area contributed by atoms with E-state index in [-0.39, 0.29) is 5.83 Å². The molecule has 1 saturated carbocycles. The highest BCUT2D eigenvalue weighted by molar-refractivity contribution is 6.14. The standard InChI is InChI=1S/C23H27FN4/c1-14-6-7-17(24)11-18(14)22(19-10-15(2)16(19)3)20(12-25-4)21-13-27-28-9-5-8-26-23(21)28/h5,8-9,11-13,15-16,19H,6-7,10H2,1-4H3/b22-20+,25-12?. The molecule has 3 unspecified atom stereocenters. The summed E-state index contributed by atoms with van der Waals surface area (Å²) in [5, 5.41) is 4.47. The molecule has 2 aliphatic rings. The maximum atomic E-state index is 14.3. The van der Waals surface area contributed by atoms with Gasteiger partial charge in [-0.25, -0.2) is 13.9 Å². The summed E-state index contributed by atoms with van der Waals surface area (Å²) in [5.74, 6) is 1.56. The van der Waals surface area contributed by atoms with Gasteiger partial charge in [-0.3, -0.25) is 4.99 Å². The van der Waals surface area contributed by atoms with Crippen LogP contribution in [-0.4, -0.2) is 27.9 Å². The minimum Gasteiger partial charge on any atom is -0.296 e. The molecule has 1 fully saturated rings. The van der Waals surface area contributed by atoms with Gasteiger partial charge in [-0.05, 0) is 60.8 Å². The first-order valence-corrected chi connectivity index (χ1v) is 10.0. The summed E-state index contributed by atoms with van der Waals surface area (Å²) in [6, 6.07) is 1.86. The van der Waals surface area contributed by atoms with Gasteiger partial charge in [-0.15, -0.1) is 0 Å². The molecule has 146 valence electrons. The summed E-state index contributed by atoms with van der Waals surface area (Å²) in [6.45, 7) is 6.72. The lowest BCUT2D eigenvalue weighted by atomic mass is 9.60. The molecule has 0 saturated heterocycles. The average Bonchev–Trinajstić information content (AvgIpc) is 3.13. The first kappa shape index (κ1) is 18.8. The predicted molar refractivity (Wildman–Crippen MR) is 112 cm³/mol. The zero-order chi connectivity index (χ0) is 19.8. The molecule has 2 aromatic rings. The largest absolute Gasteiger partial charge is 0.296 e. The molecule has 0 bridgehead atoms. The van der Waals surface area contributed by atoms with E-state index < -0.39 is 0 Å². The van der Waals surface area contributed by atoms with Gasteiger partial charge < -0.3 is 0 Å². The Morgan fingerprint density at radius 3 is 2.86 bits per heavy atom. The van der Waals surface area contributed by atoms with Crippen molar-refractivity contribution in [3.63, 3.8) is 0 Å². The van der Waals surface area contributed by atoms with Crippen molar-refractivity contribution in [2.45, 2.75) is 40.0 Å². The topological polar surface area (TPSA) is 42.5 Å². The van der Waals surface area contributed by atoms with E-state index in [1.807, 2.05) is 24.7 Å². The molecule has 0 amide bonds. The fraction of sp³-hybridized carbons (Fsp3) is 0.435. The van der Waals surface area contributed by atoms with Gasteiger partial charge in [-0.1, -0.05) is 19.4 Å². The van der Waals surface area contributed by atoms with Crippen LogP contribution in [0.4, 0.5) is 4.39 Å². The highest BCUT2D eigenvalue weighted by Crippen LogP contribution is 2.50. The molecular formula is C23H27FN4. The van der Waals surface area contributed by atoms with Crippen LogP contribution in [0.5, 0.6) is 0 Å². The maximum Gasteiger partial charge on any atom is 0.162 e. The molecule has 0 spiro atoms. The minimum atomic E-state index is -0.0381. The summed E-state index contributed by atoms with van der Waals surface area (Å²) >= 11 is 0. The van der Waals surface area contributed by atoms with Gasteiger partial charge >= 0.3 is 0 Å². The van der Waals surface area contributed by atoms with Crippen molar-refractivity contribution in [2.24, 2.45) is 22.7 Å². The summed E-state index contributed by atoms with van der Waals surface area (Å²) in [7, 11) is 1.78. The zero-order valence-electron chi connectivity index (χ0n) is 17.0. The number of rotatable bonds is 4.